The number of carbonyl (C=O) groups excluding carboxylic acids is 2. The highest BCUT2D eigenvalue weighted by Crippen LogP contribution is 2.24. The minimum Gasteiger partial charge on any atom is -0.348 e. The normalized spacial score (nSPS) is 10.5. The predicted molar refractivity (Wildman–Crippen MR) is 153 cm³/mol. The largest absolute Gasteiger partial charge is 0.348 e. The van der Waals surface area contributed by atoms with E-state index in [0.29, 0.717) is 13.1 Å². The molecular formula is C30H28IN3O2. The van der Waals surface area contributed by atoms with Crippen LogP contribution in [0.2, 0.25) is 0 Å². The first-order valence-corrected chi connectivity index (χ1v) is 12.8. The van der Waals surface area contributed by atoms with Crippen LogP contribution in [0.15, 0.2) is 96.6 Å². The fourth-order valence-corrected chi connectivity index (χ4v) is 4.42. The molecule has 0 atom stereocenters. The molecule has 0 aliphatic carbocycles. The van der Waals surface area contributed by atoms with Crippen molar-refractivity contribution in [2.24, 2.45) is 0 Å². The molecule has 0 radical (unpaired) electrons. The van der Waals surface area contributed by atoms with Crippen LogP contribution in [0, 0.1) is 17.4 Å². The molecule has 6 heteroatoms. The topological polar surface area (TPSA) is 63.1 Å². The third-order valence-corrected chi connectivity index (χ3v) is 6.66. The van der Waals surface area contributed by atoms with E-state index in [1.54, 1.807) is 6.08 Å². The minimum absolute atomic E-state index is 0.0738. The molecule has 4 rings (SSSR count). The van der Waals surface area contributed by atoms with E-state index in [9.17, 15) is 9.59 Å². The second-order valence-electron chi connectivity index (χ2n) is 8.53. The van der Waals surface area contributed by atoms with E-state index < -0.39 is 11.8 Å². The molecule has 1 heterocycles. The molecule has 2 amide bonds. The summed E-state index contributed by atoms with van der Waals surface area (Å²) in [7, 11) is 0. The fraction of sp³-hybridized carbons (Fsp3) is 0.133. The maximum Gasteiger partial charge on any atom is 0.257 e. The summed E-state index contributed by atoms with van der Waals surface area (Å²) in [6, 6.07) is 29.5. The van der Waals surface area contributed by atoms with Crippen LogP contribution in [0.5, 0.6) is 0 Å². The lowest BCUT2D eigenvalue weighted by Crippen LogP contribution is -2.34. The van der Waals surface area contributed by atoms with Crippen molar-refractivity contribution in [2.75, 3.05) is 0 Å². The predicted octanol–water partition coefficient (Wildman–Crippen LogP) is 5.71. The van der Waals surface area contributed by atoms with E-state index in [1.165, 1.54) is 0 Å². The number of carbonyl (C=O) groups is 2. The lowest BCUT2D eigenvalue weighted by Gasteiger charge is -2.12. The van der Waals surface area contributed by atoms with Crippen molar-refractivity contribution in [2.45, 2.75) is 26.9 Å². The van der Waals surface area contributed by atoms with Gasteiger partial charge in [0.05, 0.1) is 0 Å². The highest BCUT2D eigenvalue weighted by Gasteiger charge is 2.20. The standard InChI is InChI=1S/C30H28IN3O2/c1-21-17-25(22(2)34(21)27-15-13-26(31)14-16-27)18-28(29(35)32-19-23-9-5-3-6-10-23)30(36)33-20-24-11-7-4-8-12-24/h3-18H,19-20H2,1-2H3,(H,32,35)(H,33,36). The molecule has 0 saturated carbocycles. The summed E-state index contributed by atoms with van der Waals surface area (Å²) < 4.78 is 3.29. The van der Waals surface area contributed by atoms with Crippen molar-refractivity contribution in [1.82, 2.24) is 15.2 Å². The van der Waals surface area contributed by atoms with Crippen molar-refractivity contribution >= 4 is 40.5 Å². The van der Waals surface area contributed by atoms with Crippen molar-refractivity contribution in [1.29, 1.82) is 0 Å². The van der Waals surface area contributed by atoms with Gasteiger partial charge in [0.1, 0.15) is 5.57 Å². The molecule has 5 nitrogen and oxygen atoms in total. The summed E-state index contributed by atoms with van der Waals surface area (Å²) in [6.07, 6.45) is 1.69. The number of nitrogens with zero attached hydrogens (tertiary/aromatic N) is 1. The van der Waals surface area contributed by atoms with E-state index in [4.69, 9.17) is 0 Å². The monoisotopic (exact) mass is 589 g/mol. The Kier molecular flexibility index (Phi) is 8.38. The van der Waals surface area contributed by atoms with Gasteiger partial charge in [-0.2, -0.15) is 0 Å². The average Bonchev–Trinajstić information content (AvgIpc) is 3.18. The first-order chi connectivity index (χ1) is 17.4. The van der Waals surface area contributed by atoms with E-state index in [2.05, 4.69) is 62.1 Å². The van der Waals surface area contributed by atoms with Gasteiger partial charge in [0.25, 0.3) is 11.8 Å². The summed E-state index contributed by atoms with van der Waals surface area (Å²) in [4.78, 5) is 26.5. The van der Waals surface area contributed by atoms with Crippen molar-refractivity contribution < 1.29 is 9.59 Å². The average molecular weight is 589 g/mol. The van der Waals surface area contributed by atoms with E-state index in [0.717, 1.165) is 37.3 Å². The molecule has 2 N–H and O–H groups in total. The molecule has 0 unspecified atom stereocenters. The molecule has 36 heavy (non-hydrogen) atoms. The van der Waals surface area contributed by atoms with Crippen molar-refractivity contribution in [3.8, 4) is 5.69 Å². The third-order valence-electron chi connectivity index (χ3n) is 5.94. The lowest BCUT2D eigenvalue weighted by atomic mass is 10.1. The molecular weight excluding hydrogens is 561 g/mol. The number of amides is 2. The van der Waals surface area contributed by atoms with Crippen LogP contribution in [0.4, 0.5) is 0 Å². The third kappa shape index (κ3) is 6.31. The number of aromatic nitrogens is 1. The van der Waals surface area contributed by atoms with Crippen LogP contribution >= 0.6 is 22.6 Å². The minimum atomic E-state index is -0.413. The van der Waals surface area contributed by atoms with Crippen molar-refractivity contribution in [3.05, 3.63) is 128 Å². The molecule has 0 aliphatic heterocycles. The van der Waals surface area contributed by atoms with Gasteiger partial charge in [-0.3, -0.25) is 9.59 Å². The Balaban J connectivity index is 1.63. The maximum absolute atomic E-state index is 13.2. The van der Waals surface area contributed by atoms with Crippen LogP contribution in [-0.2, 0) is 22.7 Å². The number of benzene rings is 3. The summed E-state index contributed by atoms with van der Waals surface area (Å²) in [5.41, 5.74) is 5.84. The summed E-state index contributed by atoms with van der Waals surface area (Å²) in [6.45, 7) is 4.69. The SMILES string of the molecule is Cc1cc(C=C(C(=O)NCc2ccccc2)C(=O)NCc2ccccc2)c(C)n1-c1ccc(I)cc1. The van der Waals surface area contributed by atoms with E-state index in [-0.39, 0.29) is 5.57 Å². The zero-order valence-electron chi connectivity index (χ0n) is 20.3. The number of halogens is 1. The second kappa shape index (κ2) is 11.9. The maximum atomic E-state index is 13.2. The first kappa shape index (κ1) is 25.4. The number of nitrogens with one attached hydrogen (secondary N) is 2. The molecule has 3 aromatic carbocycles. The fourth-order valence-electron chi connectivity index (χ4n) is 4.06. The smallest absolute Gasteiger partial charge is 0.257 e. The van der Waals surface area contributed by atoms with Gasteiger partial charge in [-0.05, 0) is 89.5 Å². The highest BCUT2D eigenvalue weighted by atomic mass is 127. The Labute approximate surface area is 225 Å². The first-order valence-electron chi connectivity index (χ1n) is 11.7. The van der Waals surface area contributed by atoms with Gasteiger partial charge < -0.3 is 15.2 Å². The van der Waals surface area contributed by atoms with Crippen molar-refractivity contribution in [3.63, 3.8) is 0 Å². The van der Waals surface area contributed by atoms with Crippen LogP contribution < -0.4 is 10.6 Å². The van der Waals surface area contributed by atoms with Crippen LogP contribution in [-0.4, -0.2) is 16.4 Å². The summed E-state index contributed by atoms with van der Waals surface area (Å²) in [5, 5.41) is 5.80. The van der Waals surface area contributed by atoms with Crippen LogP contribution in [0.25, 0.3) is 11.8 Å². The summed E-state index contributed by atoms with van der Waals surface area (Å²) in [5.74, 6) is -0.827. The number of rotatable bonds is 8. The molecule has 4 aromatic rings. The Morgan fingerprint density at radius 3 is 1.78 bits per heavy atom. The summed E-state index contributed by atoms with van der Waals surface area (Å²) >= 11 is 2.28. The van der Waals surface area contributed by atoms with Gasteiger partial charge in [-0.25, -0.2) is 0 Å². The zero-order chi connectivity index (χ0) is 25.5. The Hall–Kier alpha value is -3.65. The second-order valence-corrected chi connectivity index (χ2v) is 9.78. The molecule has 0 aliphatic rings. The number of hydrogen-bond donors (Lipinski definition) is 2. The molecule has 1 aromatic heterocycles. The molecule has 0 fully saturated rings. The van der Waals surface area contributed by atoms with Gasteiger partial charge in [0.2, 0.25) is 0 Å². The van der Waals surface area contributed by atoms with E-state index in [1.807, 2.05) is 80.6 Å². The zero-order valence-corrected chi connectivity index (χ0v) is 22.5. The van der Waals surface area contributed by atoms with Gasteiger partial charge in [-0.15, -0.1) is 0 Å². The van der Waals surface area contributed by atoms with Crippen LogP contribution in [0.3, 0.4) is 0 Å². The Bertz CT molecular complexity index is 1320. The Morgan fingerprint density at radius 1 is 0.778 bits per heavy atom. The quantitative estimate of drug-likeness (QED) is 0.120. The van der Waals surface area contributed by atoms with Gasteiger partial charge >= 0.3 is 0 Å². The van der Waals surface area contributed by atoms with Gasteiger partial charge in [0, 0.05) is 33.7 Å². The number of aryl methyl sites for hydroxylation is 1. The molecule has 182 valence electrons. The molecule has 0 spiro atoms. The highest BCUT2D eigenvalue weighted by molar-refractivity contribution is 14.1. The molecule has 0 bridgehead atoms. The number of hydrogen-bond acceptors (Lipinski definition) is 2. The van der Waals surface area contributed by atoms with Crippen LogP contribution in [0.1, 0.15) is 28.1 Å². The van der Waals surface area contributed by atoms with E-state index >= 15 is 0 Å². The Morgan fingerprint density at radius 2 is 1.28 bits per heavy atom. The van der Waals surface area contributed by atoms with Gasteiger partial charge in [-0.1, -0.05) is 60.7 Å². The van der Waals surface area contributed by atoms with Gasteiger partial charge in [0.15, 0.2) is 0 Å². The lowest BCUT2D eigenvalue weighted by molar-refractivity contribution is -0.123. The molecule has 0 saturated heterocycles.